The van der Waals surface area contributed by atoms with Crippen molar-refractivity contribution in [2.75, 3.05) is 0 Å². The number of carbonyl (C=O) groups is 1. The second-order valence-electron chi connectivity index (χ2n) is 9.18. The summed E-state index contributed by atoms with van der Waals surface area (Å²) >= 11 is 0. The monoisotopic (exact) mass is 429 g/mol. The molecule has 2 aromatic heterocycles. The number of benzene rings is 1. The molecule has 1 atom stereocenters. The van der Waals surface area contributed by atoms with E-state index in [1.807, 2.05) is 24.3 Å². The van der Waals surface area contributed by atoms with Crippen LogP contribution < -0.4 is 16.4 Å². The molecule has 0 aliphatic carbocycles. The summed E-state index contributed by atoms with van der Waals surface area (Å²) in [7, 11) is 0. The first-order valence-electron chi connectivity index (χ1n) is 10.8. The third-order valence-electron chi connectivity index (χ3n) is 5.74. The molecule has 0 spiro atoms. The molecular weight excluding hydrogens is 402 g/mol. The molecule has 3 aromatic rings. The van der Waals surface area contributed by atoms with Gasteiger partial charge in [-0.1, -0.05) is 51.1 Å². The van der Waals surface area contributed by atoms with Crippen molar-refractivity contribution in [3.63, 3.8) is 0 Å². The van der Waals surface area contributed by atoms with Crippen molar-refractivity contribution in [2.45, 2.75) is 45.1 Å². The van der Waals surface area contributed by atoms with Gasteiger partial charge in [-0.2, -0.15) is 0 Å². The van der Waals surface area contributed by atoms with E-state index in [0.717, 1.165) is 17.6 Å². The Morgan fingerprint density at radius 3 is 2.34 bits per heavy atom. The highest BCUT2D eigenvalue weighted by molar-refractivity contribution is 5.82. The van der Waals surface area contributed by atoms with Gasteiger partial charge < -0.3 is 15.3 Å². The van der Waals surface area contributed by atoms with Crippen LogP contribution in [0.2, 0.25) is 0 Å². The number of hydrogen-bond acceptors (Lipinski definition) is 3. The van der Waals surface area contributed by atoms with Gasteiger partial charge >= 0.3 is 0 Å². The van der Waals surface area contributed by atoms with Crippen molar-refractivity contribution >= 4 is 11.5 Å². The third kappa shape index (κ3) is 4.64. The molecule has 1 aliphatic rings. The van der Waals surface area contributed by atoms with Gasteiger partial charge in [0.05, 0.1) is 0 Å². The average Bonchev–Trinajstić information content (AvgIpc) is 3.16. The summed E-state index contributed by atoms with van der Waals surface area (Å²) in [6.07, 6.45) is 4.75. The molecule has 6 nitrogen and oxygen atoms in total. The number of H-pyrrole nitrogens is 2. The molecule has 0 unspecified atom stereocenters. The maximum Gasteiger partial charge on any atom is 0.256 e. The minimum atomic E-state index is -0.277. The minimum absolute atomic E-state index is 0.0331. The highest BCUT2D eigenvalue weighted by Gasteiger charge is 2.21. The van der Waals surface area contributed by atoms with Gasteiger partial charge in [-0.25, -0.2) is 0 Å². The van der Waals surface area contributed by atoms with Gasteiger partial charge in [-0.3, -0.25) is 14.4 Å². The molecule has 1 aliphatic heterocycles. The molecule has 164 valence electrons. The second kappa shape index (κ2) is 8.46. The van der Waals surface area contributed by atoms with Crippen molar-refractivity contribution in [1.82, 2.24) is 15.3 Å². The maximum absolute atomic E-state index is 12.9. The first-order valence-corrected chi connectivity index (χ1v) is 10.8. The van der Waals surface area contributed by atoms with Crippen molar-refractivity contribution in [2.24, 2.45) is 0 Å². The Morgan fingerprint density at radius 2 is 1.75 bits per heavy atom. The molecular formula is C26H27N3O3. The topological polar surface area (TPSA) is 94.8 Å². The van der Waals surface area contributed by atoms with Gasteiger partial charge in [0.2, 0.25) is 11.5 Å². The number of nitrogens with one attached hydrogen (secondary N) is 3. The third-order valence-corrected chi connectivity index (χ3v) is 5.74. The van der Waals surface area contributed by atoms with E-state index in [1.165, 1.54) is 17.8 Å². The summed E-state index contributed by atoms with van der Waals surface area (Å²) in [6.45, 7) is 6.49. The van der Waals surface area contributed by atoms with Crippen LogP contribution in [0.3, 0.4) is 0 Å². The number of aromatic amines is 2. The fourth-order valence-electron chi connectivity index (χ4n) is 3.93. The van der Waals surface area contributed by atoms with Crippen LogP contribution in [0.5, 0.6) is 0 Å². The van der Waals surface area contributed by atoms with Gasteiger partial charge in [-0.15, -0.1) is 0 Å². The molecule has 0 radical (unpaired) electrons. The lowest BCUT2D eigenvalue weighted by Crippen LogP contribution is -2.23. The Hall–Kier alpha value is -3.67. The van der Waals surface area contributed by atoms with Crippen LogP contribution in [0.4, 0.5) is 0 Å². The zero-order valence-electron chi connectivity index (χ0n) is 18.5. The molecule has 0 saturated carbocycles. The standard InChI is InChI=1S/C26H27N3O3/c1-26(2,3)18-6-4-16(5-7-18)21(15-19-8-11-23(30)28-19)22-10-9-20(25(32)29-22)17-12-13-27-24(31)14-17/h4-7,9-10,12-15,19H,8,11H2,1-3H3,(H,27,31)(H,28,30)(H,29,32)/t19-/m1/s1. The number of amides is 1. The highest BCUT2D eigenvalue weighted by atomic mass is 16.2. The van der Waals surface area contributed by atoms with E-state index in [1.54, 1.807) is 12.1 Å². The first kappa shape index (κ1) is 21.6. The summed E-state index contributed by atoms with van der Waals surface area (Å²) in [4.78, 5) is 41.8. The molecule has 0 bridgehead atoms. The van der Waals surface area contributed by atoms with Gasteiger partial charge in [0.25, 0.3) is 5.56 Å². The molecule has 6 heteroatoms. The summed E-state index contributed by atoms with van der Waals surface area (Å²) in [6, 6.07) is 14.9. The van der Waals surface area contributed by atoms with Gasteiger partial charge in [0.15, 0.2) is 0 Å². The zero-order valence-corrected chi connectivity index (χ0v) is 18.5. The summed E-state index contributed by atoms with van der Waals surface area (Å²) in [5.74, 6) is 0.0341. The minimum Gasteiger partial charge on any atom is -0.350 e. The van der Waals surface area contributed by atoms with Crippen LogP contribution in [0.15, 0.2) is 70.4 Å². The van der Waals surface area contributed by atoms with Crippen LogP contribution in [-0.2, 0) is 10.2 Å². The Bertz CT molecular complexity index is 1290. The summed E-state index contributed by atoms with van der Waals surface area (Å²) < 4.78 is 0. The van der Waals surface area contributed by atoms with E-state index >= 15 is 0 Å². The zero-order chi connectivity index (χ0) is 22.9. The number of hydrogen-bond donors (Lipinski definition) is 3. The molecule has 1 aromatic carbocycles. The first-order chi connectivity index (χ1) is 15.2. The van der Waals surface area contributed by atoms with Crippen molar-refractivity contribution in [3.8, 4) is 11.1 Å². The Kier molecular flexibility index (Phi) is 5.70. The number of rotatable bonds is 4. The van der Waals surface area contributed by atoms with Crippen LogP contribution >= 0.6 is 0 Å². The predicted octanol–water partition coefficient (Wildman–Crippen LogP) is 3.74. The van der Waals surface area contributed by atoms with E-state index in [-0.39, 0.29) is 28.5 Å². The SMILES string of the molecule is CC(C)(C)c1ccc(C(=C[C@H]2CCC(=O)N2)c2ccc(-c3cc[nH]c(=O)c3)c(=O)[nH]2)cc1. The molecule has 3 heterocycles. The second-order valence-corrected chi connectivity index (χ2v) is 9.18. The molecule has 1 amide bonds. The smallest absolute Gasteiger partial charge is 0.256 e. The number of pyridine rings is 2. The van der Waals surface area contributed by atoms with E-state index in [0.29, 0.717) is 23.2 Å². The van der Waals surface area contributed by atoms with E-state index < -0.39 is 0 Å². The van der Waals surface area contributed by atoms with E-state index in [4.69, 9.17) is 0 Å². The molecule has 32 heavy (non-hydrogen) atoms. The summed E-state index contributed by atoms with van der Waals surface area (Å²) in [5, 5.41) is 2.97. The Morgan fingerprint density at radius 1 is 1.00 bits per heavy atom. The molecule has 4 rings (SSSR count). The fourth-order valence-corrected chi connectivity index (χ4v) is 3.93. The number of aromatic nitrogens is 2. The normalized spacial score (nSPS) is 16.8. The Balaban J connectivity index is 1.77. The van der Waals surface area contributed by atoms with Crippen molar-refractivity contribution < 1.29 is 4.79 Å². The number of carbonyl (C=O) groups excluding carboxylic acids is 1. The van der Waals surface area contributed by atoms with Gasteiger partial charge in [0, 0.05) is 41.6 Å². The predicted molar refractivity (Wildman–Crippen MR) is 127 cm³/mol. The van der Waals surface area contributed by atoms with Gasteiger partial charge in [-0.05, 0) is 46.7 Å². The quantitative estimate of drug-likeness (QED) is 0.590. The van der Waals surface area contributed by atoms with Crippen LogP contribution in [0.1, 0.15) is 50.4 Å². The fraction of sp³-hybridized carbons (Fsp3) is 0.269. The lowest BCUT2D eigenvalue weighted by atomic mass is 9.86. The molecule has 3 N–H and O–H groups in total. The van der Waals surface area contributed by atoms with Crippen molar-refractivity contribution in [1.29, 1.82) is 0 Å². The van der Waals surface area contributed by atoms with Crippen LogP contribution in [0, 0.1) is 0 Å². The average molecular weight is 430 g/mol. The van der Waals surface area contributed by atoms with E-state index in [9.17, 15) is 14.4 Å². The largest absolute Gasteiger partial charge is 0.350 e. The summed E-state index contributed by atoms with van der Waals surface area (Å²) in [5.41, 5.74) is 4.17. The van der Waals surface area contributed by atoms with Gasteiger partial charge in [0.1, 0.15) is 0 Å². The Labute approximate surface area is 186 Å². The van der Waals surface area contributed by atoms with E-state index in [2.05, 4.69) is 48.2 Å². The lowest BCUT2D eigenvalue weighted by Gasteiger charge is -2.20. The maximum atomic E-state index is 12.9. The van der Waals surface area contributed by atoms with Crippen molar-refractivity contribution in [3.05, 3.63) is 98.3 Å². The van der Waals surface area contributed by atoms with Crippen LogP contribution in [0.25, 0.3) is 16.7 Å². The lowest BCUT2D eigenvalue weighted by molar-refractivity contribution is -0.119. The molecule has 1 fully saturated rings. The highest BCUT2D eigenvalue weighted by Crippen LogP contribution is 2.28. The molecule has 1 saturated heterocycles. The van der Waals surface area contributed by atoms with Crippen LogP contribution in [-0.4, -0.2) is 21.9 Å².